The Morgan fingerprint density at radius 1 is 0.941 bits per heavy atom. The molecule has 1 heterocycles. The van der Waals surface area contributed by atoms with E-state index in [1.165, 1.54) is 57.5 Å². The third-order valence-electron chi connectivity index (χ3n) is 5.58. The van der Waals surface area contributed by atoms with Gasteiger partial charge in [-0.3, -0.25) is 4.79 Å². The van der Waals surface area contributed by atoms with Crippen LogP contribution in [0, 0.1) is 0 Å². The van der Waals surface area contributed by atoms with Crippen LogP contribution in [0.5, 0.6) is 0 Å². The second kappa shape index (κ2) is 4.34. The first kappa shape index (κ1) is 12.2. The van der Waals surface area contributed by atoms with E-state index in [1.54, 1.807) is 0 Å². The number of hydrogen-bond acceptors (Lipinski definition) is 1. The molecule has 0 aromatic rings. The van der Waals surface area contributed by atoms with Crippen LogP contribution in [-0.2, 0) is 4.79 Å². The molecule has 0 radical (unpaired) electrons. The molecule has 0 aromatic heterocycles. The maximum Gasteiger partial charge on any atom is 0.134 e. The average molecular weight is 252 g/mol. The highest BCUT2D eigenvalue weighted by Crippen LogP contribution is 2.73. The highest BCUT2D eigenvalue weighted by molar-refractivity contribution is 7.61. The Morgan fingerprint density at radius 3 is 1.71 bits per heavy atom. The summed E-state index contributed by atoms with van der Waals surface area (Å²) in [4.78, 5) is 12.3. The monoisotopic (exact) mass is 252 g/mol. The fraction of sp³-hybridized carbons (Fsp3) is 0.933. The number of carbonyl (C=O) groups excluding carboxylic acids is 1. The first-order valence-corrected chi connectivity index (χ1v) is 9.03. The van der Waals surface area contributed by atoms with Crippen molar-refractivity contribution in [2.24, 2.45) is 0 Å². The van der Waals surface area contributed by atoms with Crippen LogP contribution in [0.15, 0.2) is 0 Å². The van der Waals surface area contributed by atoms with Gasteiger partial charge in [-0.2, -0.15) is 0 Å². The zero-order valence-electron chi connectivity index (χ0n) is 11.1. The van der Waals surface area contributed by atoms with Gasteiger partial charge in [-0.25, -0.2) is 0 Å². The number of hydrogen-bond donors (Lipinski definition) is 0. The molecule has 1 saturated heterocycles. The van der Waals surface area contributed by atoms with Gasteiger partial charge in [-0.05, 0) is 42.2 Å². The summed E-state index contributed by atoms with van der Waals surface area (Å²) in [6, 6.07) is 0. The summed E-state index contributed by atoms with van der Waals surface area (Å²) in [7, 11) is 0.112. The van der Waals surface area contributed by atoms with Crippen LogP contribution >= 0.6 is 7.92 Å². The molecule has 3 aliphatic rings. The van der Waals surface area contributed by atoms with Gasteiger partial charge in [0.15, 0.2) is 0 Å². The Balaban J connectivity index is 1.96. The molecule has 2 saturated carbocycles. The Morgan fingerprint density at radius 2 is 1.35 bits per heavy atom. The van der Waals surface area contributed by atoms with Gasteiger partial charge in [-0.15, -0.1) is 0 Å². The molecule has 3 fully saturated rings. The minimum absolute atomic E-state index is 0.112. The summed E-state index contributed by atoms with van der Waals surface area (Å²) in [6.45, 7) is 2.40. The van der Waals surface area contributed by atoms with Crippen LogP contribution in [0.4, 0.5) is 0 Å². The van der Waals surface area contributed by atoms with Crippen molar-refractivity contribution >= 4 is 13.7 Å². The first-order valence-electron chi connectivity index (χ1n) is 7.50. The molecule has 0 unspecified atom stereocenters. The number of Topliss-reactive ketones (excluding diaryl/α,β-unsaturated/α-hetero) is 1. The molecule has 2 heteroatoms. The van der Waals surface area contributed by atoms with E-state index in [-0.39, 0.29) is 7.92 Å². The van der Waals surface area contributed by atoms with Crippen LogP contribution in [0.2, 0.25) is 0 Å². The molecule has 0 N–H and O–H groups in total. The smallest absolute Gasteiger partial charge is 0.134 e. The van der Waals surface area contributed by atoms with E-state index in [0.29, 0.717) is 16.1 Å². The van der Waals surface area contributed by atoms with E-state index in [0.717, 1.165) is 12.8 Å². The molecule has 0 amide bonds. The Bertz CT molecular complexity index is 283. The van der Waals surface area contributed by atoms with Crippen molar-refractivity contribution in [1.29, 1.82) is 0 Å². The SMILES string of the molecule is CCP1C2(CCCC2)CC(=O)CC12CCCC2. The fourth-order valence-electron chi connectivity index (χ4n) is 5.12. The van der Waals surface area contributed by atoms with Gasteiger partial charge in [-0.1, -0.05) is 40.5 Å². The van der Waals surface area contributed by atoms with Crippen LogP contribution in [-0.4, -0.2) is 22.3 Å². The molecule has 2 spiro atoms. The normalized spacial score (nSPS) is 31.7. The Hall–Kier alpha value is 0.100. The van der Waals surface area contributed by atoms with E-state index in [4.69, 9.17) is 0 Å². The second-order valence-corrected chi connectivity index (χ2v) is 9.89. The third kappa shape index (κ3) is 1.81. The van der Waals surface area contributed by atoms with E-state index in [2.05, 4.69) is 6.92 Å². The van der Waals surface area contributed by atoms with Crippen LogP contribution in [0.25, 0.3) is 0 Å². The zero-order chi connectivity index (χ0) is 11.9. The van der Waals surface area contributed by atoms with Gasteiger partial charge < -0.3 is 0 Å². The van der Waals surface area contributed by atoms with Crippen LogP contribution in [0.3, 0.4) is 0 Å². The number of carbonyl (C=O) groups is 1. The molecular formula is C15H25OP. The van der Waals surface area contributed by atoms with Gasteiger partial charge >= 0.3 is 0 Å². The van der Waals surface area contributed by atoms with Gasteiger partial charge in [0.25, 0.3) is 0 Å². The van der Waals surface area contributed by atoms with Crippen molar-refractivity contribution in [2.45, 2.75) is 81.4 Å². The van der Waals surface area contributed by atoms with Crippen molar-refractivity contribution in [3.63, 3.8) is 0 Å². The van der Waals surface area contributed by atoms with Crippen molar-refractivity contribution in [3.8, 4) is 0 Å². The summed E-state index contributed by atoms with van der Waals surface area (Å²) in [5, 5.41) is 1.01. The number of rotatable bonds is 1. The lowest BCUT2D eigenvalue weighted by Crippen LogP contribution is -2.44. The summed E-state index contributed by atoms with van der Waals surface area (Å²) in [6.07, 6.45) is 14.3. The second-order valence-electron chi connectivity index (χ2n) is 6.50. The maximum atomic E-state index is 12.3. The molecule has 1 nitrogen and oxygen atoms in total. The Labute approximate surface area is 106 Å². The molecule has 3 rings (SSSR count). The largest absolute Gasteiger partial charge is 0.300 e. The van der Waals surface area contributed by atoms with E-state index < -0.39 is 0 Å². The third-order valence-corrected chi connectivity index (χ3v) is 9.72. The van der Waals surface area contributed by atoms with Crippen molar-refractivity contribution < 1.29 is 4.79 Å². The van der Waals surface area contributed by atoms with E-state index >= 15 is 0 Å². The lowest BCUT2D eigenvalue weighted by atomic mass is 9.90. The quantitative estimate of drug-likeness (QED) is 0.629. The molecule has 0 bridgehead atoms. The van der Waals surface area contributed by atoms with Gasteiger partial charge in [0.1, 0.15) is 5.78 Å². The standard InChI is InChI=1S/C15H25OP/c1-2-17-14(7-3-4-8-14)11-13(16)12-15(17)9-5-6-10-15/h2-12H2,1H3. The predicted molar refractivity (Wildman–Crippen MR) is 74.1 cm³/mol. The van der Waals surface area contributed by atoms with Gasteiger partial charge in [0, 0.05) is 12.8 Å². The molecule has 1 aliphatic heterocycles. The lowest BCUT2D eigenvalue weighted by Gasteiger charge is -2.52. The maximum absolute atomic E-state index is 12.3. The number of ketones is 1. The topological polar surface area (TPSA) is 17.1 Å². The molecule has 2 aliphatic carbocycles. The molecule has 0 aromatic carbocycles. The highest BCUT2D eigenvalue weighted by Gasteiger charge is 2.56. The summed E-state index contributed by atoms with van der Waals surface area (Å²) in [5.74, 6) is 0.612. The fourth-order valence-corrected chi connectivity index (χ4v) is 9.92. The summed E-state index contributed by atoms with van der Waals surface area (Å²) in [5.41, 5.74) is 0. The zero-order valence-corrected chi connectivity index (χ0v) is 12.0. The molecule has 96 valence electrons. The summed E-state index contributed by atoms with van der Waals surface area (Å²) >= 11 is 0. The van der Waals surface area contributed by atoms with Gasteiger partial charge in [0.05, 0.1) is 0 Å². The Kier molecular flexibility index (Phi) is 3.10. The minimum atomic E-state index is 0.112. The lowest BCUT2D eigenvalue weighted by molar-refractivity contribution is -0.120. The first-order chi connectivity index (χ1) is 8.21. The van der Waals surface area contributed by atoms with Crippen molar-refractivity contribution in [1.82, 2.24) is 0 Å². The predicted octanol–water partition coefficient (Wildman–Crippen LogP) is 4.48. The van der Waals surface area contributed by atoms with Crippen molar-refractivity contribution in [3.05, 3.63) is 0 Å². The highest BCUT2D eigenvalue weighted by atomic mass is 31.1. The molecule has 17 heavy (non-hydrogen) atoms. The van der Waals surface area contributed by atoms with Crippen molar-refractivity contribution in [2.75, 3.05) is 6.16 Å². The average Bonchev–Trinajstić information content (AvgIpc) is 2.89. The van der Waals surface area contributed by atoms with E-state index in [1.807, 2.05) is 0 Å². The van der Waals surface area contributed by atoms with Crippen LogP contribution < -0.4 is 0 Å². The van der Waals surface area contributed by atoms with Crippen LogP contribution in [0.1, 0.15) is 71.1 Å². The molecular weight excluding hydrogens is 227 g/mol. The van der Waals surface area contributed by atoms with Gasteiger partial charge in [0.2, 0.25) is 0 Å². The summed E-state index contributed by atoms with van der Waals surface area (Å²) < 4.78 is 0. The van der Waals surface area contributed by atoms with E-state index in [9.17, 15) is 4.79 Å². The molecule has 0 atom stereocenters. The minimum Gasteiger partial charge on any atom is -0.300 e.